The number of sulfonamides is 2. The molecule has 5 N–H and O–H groups in total. The highest BCUT2D eigenvalue weighted by Crippen LogP contribution is 2.39. The number of carboxylic acids is 1. The van der Waals surface area contributed by atoms with Gasteiger partial charge in [0.05, 0.1) is 27.0 Å². The number of benzene rings is 2. The Kier molecular flexibility index (Phi) is 24.1. The van der Waals surface area contributed by atoms with E-state index >= 15 is 0 Å². The van der Waals surface area contributed by atoms with Gasteiger partial charge in [-0.2, -0.15) is 35.0 Å². The van der Waals surface area contributed by atoms with Crippen molar-refractivity contribution in [1.82, 2.24) is 24.1 Å². The van der Waals surface area contributed by atoms with Crippen LogP contribution in [-0.4, -0.2) is 121 Å². The number of nitrogens with two attached hydrogens (primary N) is 1. The summed E-state index contributed by atoms with van der Waals surface area (Å²) >= 11 is 0. The standard InChI is InChI=1S/C21H30F3N3O3S.C15H19F3N2O2S.C11H21NO4.2ClH/c1-14(2)11-19(25)20(28)26-10-4-6-17(13-26)27(16-8-9-16)31(29,30)18-7-3-5-15(12-18)21(22,23)24;16-15(17,18)11-3-1-5-14(9-11)23(21,22)20(12-6-7-12)13-4-2-8-19-10-13;1-7(2)6-8(9(13)14)12-10(15)16-11(3,4)5;;/h3,5,7,12,14,16-17,19H,4,6,8-11,13,25H2,1-2H3;1,3,5,9,12-13,19H,2,4,6-8,10H2;7-8H,6H2,1-5H3,(H,12,15)(H,13,14);2*1H/t17?,19-;;8-;;/m0.0../s1. The third kappa shape index (κ3) is 19.4. The van der Waals surface area contributed by atoms with Crippen molar-refractivity contribution in [2.45, 2.75) is 177 Å². The van der Waals surface area contributed by atoms with E-state index in [2.05, 4.69) is 10.6 Å². The van der Waals surface area contributed by atoms with Gasteiger partial charge in [0.2, 0.25) is 26.0 Å². The van der Waals surface area contributed by atoms with Gasteiger partial charge < -0.3 is 31.1 Å². The molecule has 0 spiro atoms. The molecule has 412 valence electrons. The average Bonchev–Trinajstić information content (AvgIpc) is 4.20. The first-order chi connectivity index (χ1) is 32.3. The van der Waals surface area contributed by atoms with Crippen molar-refractivity contribution in [1.29, 1.82) is 0 Å². The number of piperidine rings is 2. The SMILES string of the molecule is CC(C)C[C@H](N)C(=O)N1CCCC(N(C2CC2)S(=O)(=O)c2cccc(C(F)(F)F)c2)C1.CC(C)C[C@H](NC(=O)OC(C)(C)C)C(=O)O.Cl.Cl.O=S(=O)(c1cccc(C(F)(F)F)c1)N(C1CC1)C1CCCNC1. The van der Waals surface area contributed by atoms with Gasteiger partial charge in [-0.05, 0) is 140 Å². The van der Waals surface area contributed by atoms with Crippen LogP contribution in [0.4, 0.5) is 31.1 Å². The van der Waals surface area contributed by atoms with Gasteiger partial charge in [0.25, 0.3) is 0 Å². The summed E-state index contributed by atoms with van der Waals surface area (Å²) in [7, 11) is -8.07. The Morgan fingerprint density at radius 1 is 0.750 bits per heavy atom. The Morgan fingerprint density at radius 3 is 1.60 bits per heavy atom. The molecule has 0 radical (unpaired) electrons. The normalized spacial score (nSPS) is 19.7. The number of hydrogen-bond donors (Lipinski definition) is 4. The zero-order valence-electron chi connectivity index (χ0n) is 41.7. The number of amides is 2. The van der Waals surface area contributed by atoms with E-state index in [9.17, 15) is 57.6 Å². The smallest absolute Gasteiger partial charge is 0.416 e. The summed E-state index contributed by atoms with van der Waals surface area (Å²) in [4.78, 5) is 36.0. The van der Waals surface area contributed by atoms with Crippen molar-refractivity contribution in [3.05, 3.63) is 59.7 Å². The van der Waals surface area contributed by atoms with E-state index in [1.165, 1.54) is 20.7 Å². The number of likely N-dealkylation sites (tertiary alicyclic amines) is 1. The fourth-order valence-corrected chi connectivity index (χ4v) is 12.2. The number of rotatable bonds is 15. The first-order valence-corrected chi connectivity index (χ1v) is 26.6. The maximum atomic E-state index is 13.4. The number of alkyl carbamates (subject to hydrolysis) is 1. The fraction of sp³-hybridized carbons (Fsp3) is 0.681. The Morgan fingerprint density at radius 2 is 1.21 bits per heavy atom. The minimum absolute atomic E-state index is 0. The van der Waals surface area contributed by atoms with E-state index in [1.54, 1.807) is 25.7 Å². The average molecular weight is 1110 g/mol. The molecule has 2 saturated carbocycles. The molecule has 72 heavy (non-hydrogen) atoms. The summed E-state index contributed by atoms with van der Waals surface area (Å²) < 4.78 is 138. The lowest BCUT2D eigenvalue weighted by atomic mass is 10.0. The van der Waals surface area contributed by atoms with Crippen LogP contribution < -0.4 is 16.4 Å². The molecule has 2 unspecified atom stereocenters. The number of nitrogens with zero attached hydrogens (tertiary/aromatic N) is 3. The Balaban J connectivity index is 0.000000385. The molecule has 15 nitrogen and oxygen atoms in total. The number of carboxylic acid groups (broad SMARTS) is 1. The van der Waals surface area contributed by atoms with E-state index < -0.39 is 79.3 Å². The lowest BCUT2D eigenvalue weighted by molar-refractivity contribution is -0.140. The maximum absolute atomic E-state index is 13.4. The van der Waals surface area contributed by atoms with Gasteiger partial charge >= 0.3 is 24.4 Å². The molecule has 0 bridgehead atoms. The number of nitrogens with one attached hydrogen (secondary N) is 2. The van der Waals surface area contributed by atoms with E-state index in [0.717, 1.165) is 62.6 Å². The molecule has 4 aliphatic rings. The second-order valence-electron chi connectivity index (χ2n) is 20.2. The van der Waals surface area contributed by atoms with Gasteiger partial charge in [0, 0.05) is 43.8 Å². The van der Waals surface area contributed by atoms with Gasteiger partial charge in [0.15, 0.2) is 0 Å². The maximum Gasteiger partial charge on any atom is 0.416 e. The molecule has 2 saturated heterocycles. The van der Waals surface area contributed by atoms with Crippen molar-refractivity contribution in [3.63, 3.8) is 0 Å². The van der Waals surface area contributed by atoms with Crippen LogP contribution in [0.25, 0.3) is 0 Å². The summed E-state index contributed by atoms with van der Waals surface area (Å²) in [6.45, 7) is 15.0. The first kappa shape index (κ1) is 64.7. The highest BCUT2D eigenvalue weighted by Gasteiger charge is 2.46. The number of halogens is 8. The van der Waals surface area contributed by atoms with Gasteiger partial charge in [-0.25, -0.2) is 26.4 Å². The summed E-state index contributed by atoms with van der Waals surface area (Å²) in [6.07, 6.45) is -3.31. The largest absolute Gasteiger partial charge is 0.480 e. The molecule has 2 amide bonds. The zero-order valence-corrected chi connectivity index (χ0v) is 44.9. The summed E-state index contributed by atoms with van der Waals surface area (Å²) in [5.74, 6) is -0.801. The second-order valence-corrected chi connectivity index (χ2v) is 23.9. The lowest BCUT2D eigenvalue weighted by Crippen LogP contribution is -2.55. The van der Waals surface area contributed by atoms with Crippen LogP contribution in [0.15, 0.2) is 58.3 Å². The highest BCUT2D eigenvalue weighted by atomic mass is 35.5. The molecular weight excluding hydrogens is 1040 g/mol. The molecule has 2 aliphatic carbocycles. The third-order valence-corrected chi connectivity index (χ3v) is 15.7. The molecule has 25 heteroatoms. The van der Waals surface area contributed by atoms with Crippen LogP contribution in [0.5, 0.6) is 0 Å². The van der Waals surface area contributed by atoms with Crippen LogP contribution in [-0.2, 0) is 46.7 Å². The van der Waals surface area contributed by atoms with E-state index in [1.807, 2.05) is 27.7 Å². The number of ether oxygens (including phenoxy) is 1. The molecule has 4 fully saturated rings. The molecule has 6 rings (SSSR count). The van der Waals surface area contributed by atoms with Crippen LogP contribution in [0.3, 0.4) is 0 Å². The summed E-state index contributed by atoms with van der Waals surface area (Å²) in [5.41, 5.74) is 3.50. The number of aliphatic carboxylic acids is 1. The monoisotopic (exact) mass is 1110 g/mol. The Hall–Kier alpha value is -3.45. The minimum atomic E-state index is -4.63. The first-order valence-electron chi connectivity index (χ1n) is 23.7. The van der Waals surface area contributed by atoms with Crippen LogP contribution >= 0.6 is 24.8 Å². The number of alkyl halides is 6. The number of carbonyl (C=O) groups excluding carboxylic acids is 2. The quantitative estimate of drug-likeness (QED) is 0.124. The van der Waals surface area contributed by atoms with Crippen LogP contribution in [0, 0.1) is 11.8 Å². The second kappa shape index (κ2) is 26.9. The minimum Gasteiger partial charge on any atom is -0.480 e. The zero-order chi connectivity index (χ0) is 52.6. The van der Waals surface area contributed by atoms with Crippen molar-refractivity contribution in [3.8, 4) is 0 Å². The highest BCUT2D eigenvalue weighted by molar-refractivity contribution is 7.89. The van der Waals surface area contributed by atoms with Crippen molar-refractivity contribution < 1.29 is 67.4 Å². The van der Waals surface area contributed by atoms with Crippen LogP contribution in [0.2, 0.25) is 0 Å². The Labute approximate surface area is 432 Å². The molecule has 2 aromatic carbocycles. The predicted octanol–water partition coefficient (Wildman–Crippen LogP) is 8.69. The lowest BCUT2D eigenvalue weighted by Gasteiger charge is -2.39. The molecule has 2 aromatic rings. The van der Waals surface area contributed by atoms with Gasteiger partial charge in [-0.15, -0.1) is 24.8 Å². The topological polar surface area (TPSA) is 209 Å². The number of hydrogen-bond acceptors (Lipinski definition) is 10. The summed E-state index contributed by atoms with van der Waals surface area (Å²) in [5, 5.41) is 14.4. The van der Waals surface area contributed by atoms with Crippen molar-refractivity contribution in [2.75, 3.05) is 26.2 Å². The predicted molar refractivity (Wildman–Crippen MR) is 265 cm³/mol. The number of carbonyl (C=O) groups is 3. The van der Waals surface area contributed by atoms with Crippen molar-refractivity contribution >= 4 is 62.8 Å². The van der Waals surface area contributed by atoms with E-state index in [4.69, 9.17) is 15.6 Å². The van der Waals surface area contributed by atoms with E-state index in [0.29, 0.717) is 57.7 Å². The fourth-order valence-electron chi connectivity index (χ4n) is 8.35. The van der Waals surface area contributed by atoms with E-state index in [-0.39, 0.29) is 77.0 Å². The molecular formula is C47H72Cl2F6N6O9S2. The molecule has 2 aliphatic heterocycles. The van der Waals surface area contributed by atoms with Gasteiger partial charge in [0.1, 0.15) is 11.6 Å². The third-order valence-electron chi connectivity index (χ3n) is 11.7. The molecule has 0 aromatic heterocycles. The molecule has 4 atom stereocenters. The van der Waals surface area contributed by atoms with Gasteiger partial charge in [-0.3, -0.25) is 4.79 Å². The Bertz CT molecular complexity index is 2310. The van der Waals surface area contributed by atoms with Crippen molar-refractivity contribution in [2.24, 2.45) is 17.6 Å². The van der Waals surface area contributed by atoms with Crippen LogP contribution in [0.1, 0.15) is 124 Å². The summed E-state index contributed by atoms with van der Waals surface area (Å²) in [6, 6.07) is 5.36. The van der Waals surface area contributed by atoms with Gasteiger partial charge in [-0.1, -0.05) is 39.8 Å². The molecule has 2 heterocycles.